The van der Waals surface area contributed by atoms with Gasteiger partial charge in [-0.2, -0.15) is 5.10 Å². The Labute approximate surface area is 85.5 Å². The quantitative estimate of drug-likeness (QED) is 0.595. The number of hydrogen-bond acceptors (Lipinski definition) is 4. The minimum Gasteiger partial charge on any atom is -0.481 e. The Balaban J connectivity index is 2.87. The van der Waals surface area contributed by atoms with Crippen LogP contribution in [-0.2, 0) is 4.79 Å². The molecular weight excluding hydrogens is 202 g/mol. The number of rotatable bonds is 4. The highest BCUT2D eigenvalue weighted by Crippen LogP contribution is 2.19. The minimum atomic E-state index is -0.958. The van der Waals surface area contributed by atoms with Crippen LogP contribution in [0.1, 0.15) is 19.9 Å². The number of nitrogens with zero attached hydrogens (tertiary/aromatic N) is 3. The van der Waals surface area contributed by atoms with Gasteiger partial charge in [-0.3, -0.25) is 19.6 Å². The van der Waals surface area contributed by atoms with Crippen molar-refractivity contribution in [1.82, 2.24) is 9.78 Å². The molecule has 0 aliphatic rings. The molecular formula is C8H11N3O4. The molecule has 7 nitrogen and oxygen atoms in total. The maximum Gasteiger partial charge on any atom is 0.308 e. The fraction of sp³-hybridized carbons (Fsp3) is 0.500. The lowest BCUT2D eigenvalue weighted by Crippen LogP contribution is -2.21. The molecule has 0 aromatic carbocycles. The predicted molar refractivity (Wildman–Crippen MR) is 50.4 cm³/mol. The lowest BCUT2D eigenvalue weighted by atomic mass is 10.1. The van der Waals surface area contributed by atoms with Gasteiger partial charge in [0.1, 0.15) is 12.4 Å². The Morgan fingerprint density at radius 2 is 2.27 bits per heavy atom. The molecule has 2 unspecified atom stereocenters. The zero-order valence-corrected chi connectivity index (χ0v) is 8.32. The molecule has 7 heteroatoms. The molecule has 0 bridgehead atoms. The number of nitro groups is 1. The summed E-state index contributed by atoms with van der Waals surface area (Å²) in [6, 6.07) is -0.420. The van der Waals surface area contributed by atoms with Crippen molar-refractivity contribution in [2.45, 2.75) is 19.9 Å². The van der Waals surface area contributed by atoms with Crippen LogP contribution in [0.15, 0.2) is 12.4 Å². The number of carbonyl (C=O) groups is 1. The van der Waals surface area contributed by atoms with Crippen molar-refractivity contribution in [3.8, 4) is 0 Å². The Bertz CT molecular complexity index is 387. The molecule has 0 saturated carbocycles. The van der Waals surface area contributed by atoms with Crippen molar-refractivity contribution >= 4 is 11.7 Å². The highest BCUT2D eigenvalue weighted by Gasteiger charge is 2.23. The van der Waals surface area contributed by atoms with E-state index < -0.39 is 22.9 Å². The van der Waals surface area contributed by atoms with Crippen molar-refractivity contribution in [3.63, 3.8) is 0 Å². The standard InChI is InChI=1S/C8H11N3O4/c1-5(8(12)13)6(2)10-4-7(3-9-10)11(14)15/h3-6H,1-2H3,(H,12,13). The van der Waals surface area contributed by atoms with E-state index >= 15 is 0 Å². The normalized spacial score (nSPS) is 14.5. The van der Waals surface area contributed by atoms with Gasteiger partial charge in [0.25, 0.3) is 0 Å². The van der Waals surface area contributed by atoms with Crippen molar-refractivity contribution < 1.29 is 14.8 Å². The largest absolute Gasteiger partial charge is 0.481 e. The second-order valence-corrected chi connectivity index (χ2v) is 3.30. The second kappa shape index (κ2) is 4.07. The van der Waals surface area contributed by atoms with Crippen LogP contribution in [0.5, 0.6) is 0 Å². The summed E-state index contributed by atoms with van der Waals surface area (Å²) in [5.74, 6) is -1.61. The Morgan fingerprint density at radius 1 is 1.67 bits per heavy atom. The fourth-order valence-electron chi connectivity index (χ4n) is 1.08. The van der Waals surface area contributed by atoms with Gasteiger partial charge < -0.3 is 5.11 Å². The van der Waals surface area contributed by atoms with Gasteiger partial charge in [-0.1, -0.05) is 0 Å². The molecule has 0 aliphatic heterocycles. The third kappa shape index (κ3) is 2.30. The molecule has 1 heterocycles. The first-order chi connectivity index (χ1) is 6.93. The summed E-state index contributed by atoms with van der Waals surface area (Å²) < 4.78 is 1.29. The topological polar surface area (TPSA) is 98.3 Å². The lowest BCUT2D eigenvalue weighted by Gasteiger charge is -2.15. The van der Waals surface area contributed by atoms with E-state index in [2.05, 4.69) is 5.10 Å². The van der Waals surface area contributed by atoms with Crippen molar-refractivity contribution in [3.05, 3.63) is 22.5 Å². The third-order valence-corrected chi connectivity index (χ3v) is 2.33. The maximum absolute atomic E-state index is 10.7. The summed E-state index contributed by atoms with van der Waals surface area (Å²) in [7, 11) is 0. The molecule has 0 amide bonds. The van der Waals surface area contributed by atoms with Gasteiger partial charge in [0, 0.05) is 0 Å². The summed E-state index contributed by atoms with van der Waals surface area (Å²) in [6.45, 7) is 3.18. The summed E-state index contributed by atoms with van der Waals surface area (Å²) >= 11 is 0. The predicted octanol–water partition coefficient (Wildman–Crippen LogP) is 1.07. The Kier molecular flexibility index (Phi) is 3.03. The van der Waals surface area contributed by atoms with E-state index in [4.69, 9.17) is 5.11 Å². The number of hydrogen-bond donors (Lipinski definition) is 1. The van der Waals surface area contributed by atoms with E-state index in [9.17, 15) is 14.9 Å². The average molecular weight is 213 g/mol. The van der Waals surface area contributed by atoms with Gasteiger partial charge in [-0.15, -0.1) is 0 Å². The molecule has 1 N–H and O–H groups in total. The van der Waals surface area contributed by atoms with E-state index in [0.717, 1.165) is 6.20 Å². The van der Waals surface area contributed by atoms with Crippen molar-refractivity contribution in [2.24, 2.45) is 5.92 Å². The van der Waals surface area contributed by atoms with Crippen molar-refractivity contribution in [1.29, 1.82) is 0 Å². The fourth-order valence-corrected chi connectivity index (χ4v) is 1.08. The van der Waals surface area contributed by atoms with E-state index in [0.29, 0.717) is 0 Å². The Morgan fingerprint density at radius 3 is 2.67 bits per heavy atom. The van der Waals surface area contributed by atoms with Crippen LogP contribution in [0.25, 0.3) is 0 Å². The van der Waals surface area contributed by atoms with Crippen molar-refractivity contribution in [2.75, 3.05) is 0 Å². The van der Waals surface area contributed by atoms with E-state index in [-0.39, 0.29) is 5.69 Å². The molecule has 82 valence electrons. The SMILES string of the molecule is CC(C(=O)O)C(C)n1cc([N+](=O)[O-])cn1. The monoisotopic (exact) mass is 213 g/mol. The van der Waals surface area contributed by atoms with Gasteiger partial charge in [0.15, 0.2) is 0 Å². The molecule has 1 rings (SSSR count). The number of aromatic nitrogens is 2. The van der Waals surface area contributed by atoms with E-state index in [1.54, 1.807) is 6.92 Å². The van der Waals surface area contributed by atoms with Crippen LogP contribution < -0.4 is 0 Å². The molecule has 0 aliphatic carbocycles. The smallest absolute Gasteiger partial charge is 0.308 e. The molecule has 1 aromatic heterocycles. The lowest BCUT2D eigenvalue weighted by molar-refractivity contribution is -0.385. The average Bonchev–Trinajstić information content (AvgIpc) is 2.64. The van der Waals surface area contributed by atoms with E-state index in [1.165, 1.54) is 17.8 Å². The van der Waals surface area contributed by atoms with Gasteiger partial charge in [0.2, 0.25) is 0 Å². The number of carboxylic acids is 1. The summed E-state index contributed by atoms with van der Waals surface area (Å²) in [6.07, 6.45) is 2.33. The first kappa shape index (κ1) is 11.2. The van der Waals surface area contributed by atoms with E-state index in [1.807, 2.05) is 0 Å². The zero-order valence-electron chi connectivity index (χ0n) is 8.32. The summed E-state index contributed by atoms with van der Waals surface area (Å²) in [5.41, 5.74) is -0.139. The first-order valence-corrected chi connectivity index (χ1v) is 4.35. The molecule has 15 heavy (non-hydrogen) atoms. The second-order valence-electron chi connectivity index (χ2n) is 3.30. The van der Waals surface area contributed by atoms with Gasteiger partial charge >= 0.3 is 11.7 Å². The maximum atomic E-state index is 10.7. The third-order valence-electron chi connectivity index (χ3n) is 2.33. The van der Waals surface area contributed by atoms with Crippen LogP contribution in [0, 0.1) is 16.0 Å². The molecule has 0 radical (unpaired) electrons. The van der Waals surface area contributed by atoms with Crippen LogP contribution in [0.2, 0.25) is 0 Å². The molecule has 0 fully saturated rings. The zero-order chi connectivity index (χ0) is 11.6. The molecule has 2 atom stereocenters. The van der Waals surface area contributed by atoms with Crippen LogP contribution in [0.4, 0.5) is 5.69 Å². The van der Waals surface area contributed by atoms with Gasteiger partial charge in [0.05, 0.1) is 16.9 Å². The van der Waals surface area contributed by atoms with Crippen LogP contribution in [0.3, 0.4) is 0 Å². The molecule has 0 saturated heterocycles. The number of aliphatic carboxylic acids is 1. The number of carboxylic acid groups (broad SMARTS) is 1. The summed E-state index contributed by atoms with van der Waals surface area (Å²) in [4.78, 5) is 20.5. The molecule has 0 spiro atoms. The molecule has 1 aromatic rings. The minimum absolute atomic E-state index is 0.139. The first-order valence-electron chi connectivity index (χ1n) is 4.35. The highest BCUT2D eigenvalue weighted by atomic mass is 16.6. The Hall–Kier alpha value is -1.92. The van der Waals surface area contributed by atoms with Gasteiger partial charge in [-0.25, -0.2) is 0 Å². The van der Waals surface area contributed by atoms with Crippen LogP contribution in [-0.4, -0.2) is 25.8 Å². The highest BCUT2D eigenvalue weighted by molar-refractivity contribution is 5.70. The summed E-state index contributed by atoms with van der Waals surface area (Å²) in [5, 5.41) is 22.9. The van der Waals surface area contributed by atoms with Gasteiger partial charge in [-0.05, 0) is 13.8 Å². The van der Waals surface area contributed by atoms with Crippen LogP contribution >= 0.6 is 0 Å².